The van der Waals surface area contributed by atoms with Crippen molar-refractivity contribution in [2.75, 3.05) is 18.0 Å². The molecule has 214 valence electrons. The molecule has 0 aliphatic heterocycles. The maximum absolute atomic E-state index is 14.1. The van der Waals surface area contributed by atoms with Gasteiger partial charge in [0, 0.05) is 17.1 Å². The van der Waals surface area contributed by atoms with E-state index >= 15 is 0 Å². The van der Waals surface area contributed by atoms with Gasteiger partial charge in [-0.1, -0.05) is 66.2 Å². The van der Waals surface area contributed by atoms with Gasteiger partial charge >= 0.3 is 0 Å². The van der Waals surface area contributed by atoms with Gasteiger partial charge in [0.2, 0.25) is 11.8 Å². The molecule has 0 saturated carbocycles. The lowest BCUT2D eigenvalue weighted by molar-refractivity contribution is -0.140. The zero-order valence-electron chi connectivity index (χ0n) is 23.2. The van der Waals surface area contributed by atoms with Crippen molar-refractivity contribution >= 4 is 43.5 Å². The largest absolute Gasteiger partial charge is 0.497 e. The number of amides is 2. The first-order valence-corrected chi connectivity index (χ1v) is 15.4. The van der Waals surface area contributed by atoms with Crippen molar-refractivity contribution in [2.45, 2.75) is 57.1 Å². The smallest absolute Gasteiger partial charge is 0.264 e. The Labute approximate surface area is 245 Å². The van der Waals surface area contributed by atoms with E-state index in [1.807, 2.05) is 32.9 Å². The molecule has 0 aliphatic rings. The van der Waals surface area contributed by atoms with Crippen molar-refractivity contribution in [1.29, 1.82) is 0 Å². The molecule has 3 rings (SSSR count). The van der Waals surface area contributed by atoms with Crippen LogP contribution in [-0.4, -0.2) is 50.9 Å². The van der Waals surface area contributed by atoms with E-state index in [9.17, 15) is 18.0 Å². The predicted molar refractivity (Wildman–Crippen MR) is 161 cm³/mol. The van der Waals surface area contributed by atoms with E-state index in [4.69, 9.17) is 4.74 Å². The molecule has 0 spiro atoms. The molecule has 8 nitrogen and oxygen atoms in total. The third-order valence-electron chi connectivity index (χ3n) is 6.58. The zero-order chi connectivity index (χ0) is 29.3. The summed E-state index contributed by atoms with van der Waals surface area (Å²) in [6.45, 7) is 5.31. The van der Waals surface area contributed by atoms with E-state index in [0.717, 1.165) is 16.3 Å². The van der Waals surface area contributed by atoms with E-state index in [2.05, 4.69) is 21.2 Å². The third kappa shape index (κ3) is 7.85. The Morgan fingerprint density at radius 1 is 0.950 bits per heavy atom. The van der Waals surface area contributed by atoms with Crippen molar-refractivity contribution in [1.82, 2.24) is 10.2 Å². The van der Waals surface area contributed by atoms with Gasteiger partial charge in [0.05, 0.1) is 17.7 Å². The van der Waals surface area contributed by atoms with Crippen molar-refractivity contribution < 1.29 is 22.7 Å². The van der Waals surface area contributed by atoms with Crippen LogP contribution in [0.2, 0.25) is 0 Å². The van der Waals surface area contributed by atoms with E-state index < -0.39 is 28.5 Å². The number of nitrogens with zero attached hydrogens (tertiary/aromatic N) is 2. The van der Waals surface area contributed by atoms with E-state index in [1.54, 1.807) is 61.7 Å². The average molecular weight is 631 g/mol. The number of hydrogen-bond donors (Lipinski definition) is 1. The first kappa shape index (κ1) is 31.2. The number of carbonyl (C=O) groups excluding carboxylic acids is 2. The highest BCUT2D eigenvalue weighted by atomic mass is 79.9. The third-order valence-corrected chi connectivity index (χ3v) is 8.86. The molecule has 0 saturated heterocycles. The van der Waals surface area contributed by atoms with Crippen molar-refractivity contribution in [3.05, 3.63) is 88.9 Å². The molecule has 40 heavy (non-hydrogen) atoms. The fraction of sp³-hybridized carbons (Fsp3) is 0.333. The molecule has 0 bridgehead atoms. The quantitative estimate of drug-likeness (QED) is 0.274. The number of methoxy groups -OCH3 is 1. The molecule has 3 aromatic carbocycles. The predicted octanol–water partition coefficient (Wildman–Crippen LogP) is 5.38. The van der Waals surface area contributed by atoms with Crippen LogP contribution in [0.15, 0.2) is 88.2 Å². The minimum atomic E-state index is -4.11. The molecule has 1 N–H and O–H groups in total. The number of benzene rings is 3. The van der Waals surface area contributed by atoms with Gasteiger partial charge in [0.1, 0.15) is 18.3 Å². The van der Waals surface area contributed by atoms with Gasteiger partial charge in [-0.2, -0.15) is 0 Å². The van der Waals surface area contributed by atoms with E-state index in [-0.39, 0.29) is 23.4 Å². The Bertz CT molecular complexity index is 1400. The van der Waals surface area contributed by atoms with Crippen LogP contribution >= 0.6 is 15.9 Å². The van der Waals surface area contributed by atoms with Crippen molar-refractivity contribution in [2.24, 2.45) is 0 Å². The summed E-state index contributed by atoms with van der Waals surface area (Å²) in [4.78, 5) is 29.0. The first-order valence-electron chi connectivity index (χ1n) is 13.2. The number of anilines is 1. The van der Waals surface area contributed by atoms with Crippen LogP contribution < -0.4 is 14.4 Å². The van der Waals surface area contributed by atoms with Crippen LogP contribution in [0.1, 0.15) is 39.2 Å². The molecule has 0 aromatic heterocycles. The molecule has 3 aromatic rings. The molecular weight excluding hydrogens is 594 g/mol. The second-order valence-electron chi connectivity index (χ2n) is 9.42. The Morgan fingerprint density at radius 3 is 2.27 bits per heavy atom. The number of sulfonamides is 1. The topological polar surface area (TPSA) is 96.0 Å². The lowest BCUT2D eigenvalue weighted by Crippen LogP contribution is -2.53. The van der Waals surface area contributed by atoms with Gasteiger partial charge in [0.25, 0.3) is 10.0 Å². The zero-order valence-corrected chi connectivity index (χ0v) is 25.6. The fourth-order valence-electron chi connectivity index (χ4n) is 4.21. The lowest BCUT2D eigenvalue weighted by atomic mass is 10.1. The van der Waals surface area contributed by atoms with Gasteiger partial charge < -0.3 is 15.0 Å². The summed E-state index contributed by atoms with van der Waals surface area (Å²) in [6, 6.07) is 21.1. The lowest BCUT2D eigenvalue weighted by Gasteiger charge is -2.33. The van der Waals surface area contributed by atoms with E-state index in [1.165, 1.54) is 17.0 Å². The van der Waals surface area contributed by atoms with Crippen molar-refractivity contribution in [3.63, 3.8) is 0 Å². The molecule has 10 heteroatoms. The highest BCUT2D eigenvalue weighted by molar-refractivity contribution is 9.10. The standard InChI is InChI=1S/C30H36BrN3O5S/c1-5-22(3)32-30(36)28(6-2)33(20-23-12-10-15-26(18-23)39-4)29(35)21-34(25-14-11-13-24(31)19-25)40(37,38)27-16-8-7-9-17-27/h7-19,22,28H,5-6,20-21H2,1-4H3,(H,32,36)/t22-,28-/m1/s1. The molecule has 0 aliphatic carbocycles. The number of ether oxygens (including phenoxy) is 1. The van der Waals surface area contributed by atoms with Crippen LogP contribution in [0.4, 0.5) is 5.69 Å². The van der Waals surface area contributed by atoms with Gasteiger partial charge in [-0.05, 0) is 67.8 Å². The van der Waals surface area contributed by atoms with Crippen LogP contribution in [0, 0.1) is 0 Å². The maximum atomic E-state index is 14.1. The van der Waals surface area contributed by atoms with Gasteiger partial charge in [-0.25, -0.2) is 8.42 Å². The summed E-state index contributed by atoms with van der Waals surface area (Å²) in [5.74, 6) is -0.175. The molecule has 2 atom stereocenters. The molecular formula is C30H36BrN3O5S. The molecule has 0 heterocycles. The second-order valence-corrected chi connectivity index (χ2v) is 12.2. The summed E-state index contributed by atoms with van der Waals surface area (Å²) < 4.78 is 34.8. The summed E-state index contributed by atoms with van der Waals surface area (Å²) in [5, 5.41) is 2.98. The van der Waals surface area contributed by atoms with Gasteiger partial charge in [0.15, 0.2) is 0 Å². The maximum Gasteiger partial charge on any atom is 0.264 e. The number of halogens is 1. The first-order chi connectivity index (χ1) is 19.1. The minimum absolute atomic E-state index is 0.0590. The normalized spacial score (nSPS) is 12.7. The van der Waals surface area contributed by atoms with Crippen LogP contribution in [-0.2, 0) is 26.2 Å². The minimum Gasteiger partial charge on any atom is -0.497 e. The number of rotatable bonds is 13. The molecule has 0 radical (unpaired) electrons. The Balaban J connectivity index is 2.06. The average Bonchev–Trinajstić information content (AvgIpc) is 2.96. The number of nitrogens with one attached hydrogen (secondary N) is 1. The van der Waals surface area contributed by atoms with E-state index in [0.29, 0.717) is 22.3 Å². The molecule has 2 amide bonds. The summed E-state index contributed by atoms with van der Waals surface area (Å²) in [5.41, 5.74) is 1.08. The summed E-state index contributed by atoms with van der Waals surface area (Å²) >= 11 is 3.41. The molecule has 0 unspecified atom stereocenters. The van der Waals surface area contributed by atoms with Crippen LogP contribution in [0.3, 0.4) is 0 Å². The fourth-order valence-corrected chi connectivity index (χ4v) is 6.02. The van der Waals surface area contributed by atoms with Gasteiger partial charge in [-0.3, -0.25) is 13.9 Å². The highest BCUT2D eigenvalue weighted by Gasteiger charge is 2.34. The molecule has 0 fully saturated rings. The monoisotopic (exact) mass is 629 g/mol. The Morgan fingerprint density at radius 2 is 1.65 bits per heavy atom. The Kier molecular flexibility index (Phi) is 11.2. The van der Waals surface area contributed by atoms with Gasteiger partial charge in [-0.15, -0.1) is 0 Å². The number of hydrogen-bond acceptors (Lipinski definition) is 5. The SMILES string of the molecule is CC[C@@H](C)NC(=O)[C@@H](CC)N(Cc1cccc(OC)c1)C(=O)CN(c1cccc(Br)c1)S(=O)(=O)c1ccccc1. The Hall–Kier alpha value is -3.37. The van der Waals surface area contributed by atoms with Crippen LogP contribution in [0.25, 0.3) is 0 Å². The highest BCUT2D eigenvalue weighted by Crippen LogP contribution is 2.27. The van der Waals surface area contributed by atoms with Crippen LogP contribution in [0.5, 0.6) is 5.75 Å². The summed E-state index contributed by atoms with van der Waals surface area (Å²) in [7, 11) is -2.56. The number of carbonyl (C=O) groups is 2. The summed E-state index contributed by atoms with van der Waals surface area (Å²) in [6.07, 6.45) is 1.08. The second kappa shape index (κ2) is 14.3. The van der Waals surface area contributed by atoms with Crippen molar-refractivity contribution in [3.8, 4) is 5.75 Å².